The molecule has 1 aromatic heterocycles. The van der Waals surface area contributed by atoms with E-state index in [9.17, 15) is 0 Å². The standard InChI is InChI=1S/C8H6ClIN2/c9-3-5-1-7-8(2-6(5)10)12-4-11-7/h1-2,4H,3H2,(H,11,12). The third-order valence-electron chi connectivity index (χ3n) is 1.73. The minimum atomic E-state index is 0.549. The summed E-state index contributed by atoms with van der Waals surface area (Å²) in [4.78, 5) is 7.20. The number of nitrogens with one attached hydrogen (secondary N) is 1. The first-order chi connectivity index (χ1) is 5.81. The zero-order valence-electron chi connectivity index (χ0n) is 6.14. The Morgan fingerprint density at radius 2 is 2.33 bits per heavy atom. The Hall–Kier alpha value is -0.290. The topological polar surface area (TPSA) is 28.7 Å². The van der Waals surface area contributed by atoms with Gasteiger partial charge in [-0.05, 0) is 40.3 Å². The van der Waals surface area contributed by atoms with E-state index < -0.39 is 0 Å². The quantitative estimate of drug-likeness (QED) is 0.635. The lowest BCUT2D eigenvalue weighted by atomic mass is 10.2. The minimum Gasteiger partial charge on any atom is -0.345 e. The number of aromatic amines is 1. The van der Waals surface area contributed by atoms with Crippen LogP contribution in [0.1, 0.15) is 5.56 Å². The first-order valence-electron chi connectivity index (χ1n) is 3.48. The summed E-state index contributed by atoms with van der Waals surface area (Å²) < 4.78 is 1.17. The van der Waals surface area contributed by atoms with Crippen molar-refractivity contribution in [1.29, 1.82) is 0 Å². The SMILES string of the molecule is ClCc1cc2[nH]cnc2cc1I. The van der Waals surface area contributed by atoms with Gasteiger partial charge in [-0.15, -0.1) is 11.6 Å². The van der Waals surface area contributed by atoms with E-state index in [1.807, 2.05) is 12.1 Å². The molecule has 0 atom stereocenters. The second-order valence-corrected chi connectivity index (χ2v) is 3.93. The molecule has 62 valence electrons. The monoisotopic (exact) mass is 292 g/mol. The Morgan fingerprint density at radius 3 is 3.08 bits per heavy atom. The number of hydrogen-bond donors (Lipinski definition) is 1. The molecule has 0 aliphatic carbocycles. The van der Waals surface area contributed by atoms with Gasteiger partial charge in [-0.25, -0.2) is 4.98 Å². The van der Waals surface area contributed by atoms with Crippen LogP contribution in [0, 0.1) is 3.57 Å². The van der Waals surface area contributed by atoms with E-state index in [-0.39, 0.29) is 0 Å². The average Bonchev–Trinajstić information content (AvgIpc) is 2.49. The molecule has 0 fully saturated rings. The lowest BCUT2D eigenvalue weighted by Gasteiger charge is -1.98. The van der Waals surface area contributed by atoms with Gasteiger partial charge in [0.05, 0.1) is 17.4 Å². The highest BCUT2D eigenvalue weighted by Crippen LogP contribution is 2.20. The molecular weight excluding hydrogens is 286 g/mol. The van der Waals surface area contributed by atoms with Crippen molar-refractivity contribution in [2.24, 2.45) is 0 Å². The number of halogens is 2. The molecule has 1 heterocycles. The molecule has 12 heavy (non-hydrogen) atoms. The summed E-state index contributed by atoms with van der Waals surface area (Å²) in [7, 11) is 0. The van der Waals surface area contributed by atoms with E-state index in [0.29, 0.717) is 5.88 Å². The molecule has 2 aromatic rings. The lowest BCUT2D eigenvalue weighted by Crippen LogP contribution is -1.84. The Bertz CT molecular complexity index is 410. The first-order valence-corrected chi connectivity index (χ1v) is 5.10. The Balaban J connectivity index is 2.73. The van der Waals surface area contributed by atoms with Gasteiger partial charge in [0.1, 0.15) is 0 Å². The molecule has 1 aromatic carbocycles. The van der Waals surface area contributed by atoms with Gasteiger partial charge in [0.15, 0.2) is 0 Å². The Kier molecular flexibility index (Phi) is 2.23. The van der Waals surface area contributed by atoms with Gasteiger partial charge >= 0.3 is 0 Å². The normalized spacial score (nSPS) is 10.8. The van der Waals surface area contributed by atoms with Crippen molar-refractivity contribution in [3.63, 3.8) is 0 Å². The highest BCUT2D eigenvalue weighted by Gasteiger charge is 2.02. The second-order valence-electron chi connectivity index (χ2n) is 2.50. The smallest absolute Gasteiger partial charge is 0.0931 e. The van der Waals surface area contributed by atoms with Crippen LogP contribution in [-0.2, 0) is 5.88 Å². The van der Waals surface area contributed by atoms with Gasteiger partial charge in [-0.1, -0.05) is 0 Å². The summed E-state index contributed by atoms with van der Waals surface area (Å²) in [6.07, 6.45) is 1.69. The molecule has 0 saturated carbocycles. The molecule has 0 spiro atoms. The van der Waals surface area contributed by atoms with Crippen LogP contribution >= 0.6 is 34.2 Å². The molecule has 0 aliphatic heterocycles. The largest absolute Gasteiger partial charge is 0.345 e. The van der Waals surface area contributed by atoms with E-state index in [2.05, 4.69) is 32.6 Å². The molecule has 0 aliphatic rings. The summed E-state index contributed by atoms with van der Waals surface area (Å²) in [5.41, 5.74) is 3.19. The lowest BCUT2D eigenvalue weighted by molar-refractivity contribution is 1.34. The van der Waals surface area contributed by atoms with Crippen LogP contribution in [0.2, 0.25) is 0 Å². The van der Waals surface area contributed by atoms with Crippen molar-refractivity contribution in [3.05, 3.63) is 27.6 Å². The van der Waals surface area contributed by atoms with Gasteiger partial charge in [0.25, 0.3) is 0 Å². The molecule has 2 rings (SSSR count). The number of hydrogen-bond acceptors (Lipinski definition) is 1. The highest BCUT2D eigenvalue weighted by atomic mass is 127. The van der Waals surface area contributed by atoms with Gasteiger partial charge in [-0.3, -0.25) is 0 Å². The molecule has 0 bridgehead atoms. The maximum absolute atomic E-state index is 5.76. The van der Waals surface area contributed by atoms with Crippen molar-refractivity contribution < 1.29 is 0 Å². The Labute approximate surface area is 88.5 Å². The molecule has 0 radical (unpaired) electrons. The summed E-state index contributed by atoms with van der Waals surface area (Å²) in [6, 6.07) is 4.07. The molecule has 0 amide bonds. The maximum atomic E-state index is 5.76. The molecular formula is C8H6ClIN2. The van der Waals surface area contributed by atoms with Crippen molar-refractivity contribution in [3.8, 4) is 0 Å². The fraction of sp³-hybridized carbons (Fsp3) is 0.125. The number of benzene rings is 1. The summed E-state index contributed by atoms with van der Waals surface area (Å²) in [5, 5.41) is 0. The van der Waals surface area contributed by atoms with E-state index in [1.165, 1.54) is 3.57 Å². The first kappa shape index (κ1) is 8.31. The van der Waals surface area contributed by atoms with Crippen molar-refractivity contribution in [2.45, 2.75) is 5.88 Å². The van der Waals surface area contributed by atoms with Gasteiger partial charge in [-0.2, -0.15) is 0 Å². The fourth-order valence-corrected chi connectivity index (χ4v) is 2.19. The second kappa shape index (κ2) is 3.22. The number of aromatic nitrogens is 2. The van der Waals surface area contributed by atoms with Gasteiger partial charge in [0.2, 0.25) is 0 Å². The van der Waals surface area contributed by atoms with Crippen molar-refractivity contribution in [1.82, 2.24) is 9.97 Å². The van der Waals surface area contributed by atoms with Crippen LogP contribution in [0.5, 0.6) is 0 Å². The number of fused-ring (bicyclic) bond motifs is 1. The summed E-state index contributed by atoms with van der Waals surface area (Å²) in [6.45, 7) is 0. The number of H-pyrrole nitrogens is 1. The summed E-state index contributed by atoms with van der Waals surface area (Å²) in [5.74, 6) is 0.549. The molecule has 0 saturated heterocycles. The predicted octanol–water partition coefficient (Wildman–Crippen LogP) is 2.91. The van der Waals surface area contributed by atoms with Crippen molar-refractivity contribution >= 4 is 45.2 Å². The molecule has 2 nitrogen and oxygen atoms in total. The van der Waals surface area contributed by atoms with Crippen LogP contribution in [0.15, 0.2) is 18.5 Å². The number of nitrogens with zero attached hydrogens (tertiary/aromatic N) is 1. The maximum Gasteiger partial charge on any atom is 0.0931 e. The number of alkyl halides is 1. The zero-order valence-corrected chi connectivity index (χ0v) is 9.06. The van der Waals surface area contributed by atoms with E-state index in [4.69, 9.17) is 11.6 Å². The Morgan fingerprint density at radius 1 is 1.50 bits per heavy atom. The predicted molar refractivity (Wildman–Crippen MR) is 58.4 cm³/mol. The molecule has 1 N–H and O–H groups in total. The molecule has 0 unspecified atom stereocenters. The molecule has 4 heteroatoms. The number of rotatable bonds is 1. The van der Waals surface area contributed by atoms with Crippen LogP contribution in [0.25, 0.3) is 11.0 Å². The average molecular weight is 293 g/mol. The highest BCUT2D eigenvalue weighted by molar-refractivity contribution is 14.1. The van der Waals surface area contributed by atoms with E-state index in [1.54, 1.807) is 6.33 Å². The van der Waals surface area contributed by atoms with Gasteiger partial charge in [0, 0.05) is 9.45 Å². The minimum absolute atomic E-state index is 0.549. The summed E-state index contributed by atoms with van der Waals surface area (Å²) >= 11 is 8.03. The third kappa shape index (κ3) is 1.31. The third-order valence-corrected chi connectivity index (χ3v) is 3.02. The van der Waals surface area contributed by atoms with E-state index in [0.717, 1.165) is 16.6 Å². The van der Waals surface area contributed by atoms with Gasteiger partial charge < -0.3 is 4.98 Å². The van der Waals surface area contributed by atoms with E-state index >= 15 is 0 Å². The number of imidazole rings is 1. The van der Waals surface area contributed by atoms with Crippen molar-refractivity contribution in [2.75, 3.05) is 0 Å². The van der Waals surface area contributed by atoms with Crippen LogP contribution < -0.4 is 0 Å². The zero-order chi connectivity index (χ0) is 8.55. The van der Waals surface area contributed by atoms with Crippen LogP contribution in [0.3, 0.4) is 0 Å². The van der Waals surface area contributed by atoms with Crippen LogP contribution in [-0.4, -0.2) is 9.97 Å². The fourth-order valence-electron chi connectivity index (χ4n) is 1.10. The van der Waals surface area contributed by atoms with Crippen LogP contribution in [0.4, 0.5) is 0 Å².